The summed E-state index contributed by atoms with van der Waals surface area (Å²) in [6.07, 6.45) is 1.06. The number of nitrogens with one attached hydrogen (secondary N) is 2. The van der Waals surface area contributed by atoms with Crippen LogP contribution in [0.15, 0.2) is 72.8 Å². The first kappa shape index (κ1) is 26.6. The predicted octanol–water partition coefficient (Wildman–Crippen LogP) is 3.21. The second-order valence-corrected chi connectivity index (χ2v) is 9.45. The summed E-state index contributed by atoms with van der Waals surface area (Å²) in [6, 6.07) is 22.6. The number of esters is 1. The van der Waals surface area contributed by atoms with E-state index < -0.39 is 11.9 Å². The van der Waals surface area contributed by atoms with Gasteiger partial charge in [0.1, 0.15) is 5.84 Å². The van der Waals surface area contributed by atoms with Crippen LogP contribution in [0.1, 0.15) is 44.6 Å². The minimum absolute atomic E-state index is 0.00632. The summed E-state index contributed by atoms with van der Waals surface area (Å²) < 4.78 is 4.86. The van der Waals surface area contributed by atoms with Crippen LogP contribution in [0.25, 0.3) is 0 Å². The Morgan fingerprint density at radius 1 is 1.00 bits per heavy atom. The van der Waals surface area contributed by atoms with Crippen LogP contribution in [-0.4, -0.2) is 42.2 Å². The van der Waals surface area contributed by atoms with E-state index in [1.165, 1.54) is 7.11 Å². The summed E-state index contributed by atoms with van der Waals surface area (Å²) in [4.78, 5) is 40.3. The Bertz CT molecular complexity index is 1320. The lowest BCUT2D eigenvalue weighted by Gasteiger charge is -2.24. The second-order valence-electron chi connectivity index (χ2n) is 9.45. The van der Waals surface area contributed by atoms with Gasteiger partial charge in [-0.15, -0.1) is 0 Å². The Kier molecular flexibility index (Phi) is 8.53. The van der Waals surface area contributed by atoms with Gasteiger partial charge in [0, 0.05) is 30.8 Å². The van der Waals surface area contributed by atoms with Gasteiger partial charge in [0.25, 0.3) is 5.91 Å². The Morgan fingerprint density at radius 3 is 2.39 bits per heavy atom. The molecule has 0 radical (unpaired) electrons. The number of ether oxygens (including phenoxy) is 1. The summed E-state index contributed by atoms with van der Waals surface area (Å²) in [6.45, 7) is 1.28. The molecule has 196 valence electrons. The van der Waals surface area contributed by atoms with E-state index in [1.807, 2.05) is 54.6 Å². The standard InChI is InChI=1S/C30H32N4O4/c1-38-27(35)17-26-16-25-15-23(29(36)33-18-21-7-9-22(10-8-21)28(31)32)11-12-24(25)19-34(30(26)37)14-13-20-5-3-2-4-6-20/h2-12,15,26H,13-14,16-19H2,1H3,(H3,31,32)(H,33,36). The second kappa shape index (κ2) is 12.2. The number of nitrogen functional groups attached to an aromatic ring is 1. The zero-order valence-electron chi connectivity index (χ0n) is 21.4. The average Bonchev–Trinajstić information content (AvgIpc) is 3.06. The molecule has 1 unspecified atom stereocenters. The molecular formula is C30H32N4O4. The van der Waals surface area contributed by atoms with Gasteiger partial charge in [-0.05, 0) is 47.2 Å². The molecule has 1 aliphatic heterocycles. The molecule has 4 rings (SSSR count). The molecule has 0 bridgehead atoms. The van der Waals surface area contributed by atoms with Crippen LogP contribution in [0.4, 0.5) is 0 Å². The summed E-state index contributed by atoms with van der Waals surface area (Å²) >= 11 is 0. The number of amidine groups is 1. The number of nitrogens with zero attached hydrogens (tertiary/aromatic N) is 1. The van der Waals surface area contributed by atoms with Crippen LogP contribution in [-0.2, 0) is 40.3 Å². The van der Waals surface area contributed by atoms with Crippen molar-refractivity contribution in [1.29, 1.82) is 5.41 Å². The van der Waals surface area contributed by atoms with E-state index in [4.69, 9.17) is 15.9 Å². The van der Waals surface area contributed by atoms with Gasteiger partial charge in [0.05, 0.1) is 19.4 Å². The highest BCUT2D eigenvalue weighted by atomic mass is 16.5. The van der Waals surface area contributed by atoms with E-state index in [1.54, 1.807) is 23.1 Å². The van der Waals surface area contributed by atoms with Crippen LogP contribution in [0.5, 0.6) is 0 Å². The number of amides is 2. The van der Waals surface area contributed by atoms with E-state index >= 15 is 0 Å². The molecule has 0 aromatic heterocycles. The van der Waals surface area contributed by atoms with E-state index in [0.29, 0.717) is 43.6 Å². The highest BCUT2D eigenvalue weighted by molar-refractivity contribution is 5.95. The van der Waals surface area contributed by atoms with Gasteiger partial charge in [-0.1, -0.05) is 60.7 Å². The van der Waals surface area contributed by atoms with Crippen LogP contribution in [0.3, 0.4) is 0 Å². The lowest BCUT2D eigenvalue weighted by Crippen LogP contribution is -2.37. The zero-order valence-corrected chi connectivity index (χ0v) is 21.4. The molecule has 1 aliphatic rings. The van der Waals surface area contributed by atoms with E-state index in [9.17, 15) is 14.4 Å². The number of nitrogens with two attached hydrogens (primary N) is 1. The third-order valence-corrected chi connectivity index (χ3v) is 6.83. The molecule has 2 amide bonds. The SMILES string of the molecule is COC(=O)CC1Cc2cc(C(=O)NCc3ccc(C(=N)N)cc3)ccc2CN(CCc2ccccc2)C1=O. The van der Waals surface area contributed by atoms with Crippen molar-refractivity contribution in [3.63, 3.8) is 0 Å². The quantitative estimate of drug-likeness (QED) is 0.231. The number of methoxy groups -OCH3 is 1. The normalized spacial score (nSPS) is 14.8. The first-order valence-electron chi connectivity index (χ1n) is 12.6. The van der Waals surface area contributed by atoms with Crippen molar-refractivity contribution in [2.24, 2.45) is 11.7 Å². The molecule has 0 saturated heterocycles. The highest BCUT2D eigenvalue weighted by Gasteiger charge is 2.31. The smallest absolute Gasteiger partial charge is 0.306 e. The fraction of sp³-hybridized carbons (Fsp3) is 0.267. The molecule has 0 saturated carbocycles. The molecule has 38 heavy (non-hydrogen) atoms. The van der Waals surface area contributed by atoms with Crippen molar-refractivity contribution in [3.8, 4) is 0 Å². The monoisotopic (exact) mass is 512 g/mol. The molecule has 3 aromatic carbocycles. The minimum Gasteiger partial charge on any atom is -0.469 e. The Labute approximate surface area is 222 Å². The predicted molar refractivity (Wildman–Crippen MR) is 144 cm³/mol. The lowest BCUT2D eigenvalue weighted by atomic mass is 9.93. The highest BCUT2D eigenvalue weighted by Crippen LogP contribution is 2.27. The molecule has 1 heterocycles. The number of hydrogen-bond donors (Lipinski definition) is 3. The van der Waals surface area contributed by atoms with Gasteiger partial charge in [-0.25, -0.2) is 0 Å². The fourth-order valence-electron chi connectivity index (χ4n) is 4.63. The first-order chi connectivity index (χ1) is 18.3. The summed E-state index contributed by atoms with van der Waals surface area (Å²) in [5, 5.41) is 10.4. The number of carbonyl (C=O) groups is 3. The number of carbonyl (C=O) groups excluding carboxylic acids is 3. The van der Waals surface area contributed by atoms with Gasteiger partial charge < -0.3 is 20.7 Å². The summed E-state index contributed by atoms with van der Waals surface area (Å²) in [5.74, 6) is -1.31. The molecule has 0 spiro atoms. The fourth-order valence-corrected chi connectivity index (χ4v) is 4.63. The van der Waals surface area contributed by atoms with Crippen molar-refractivity contribution in [2.75, 3.05) is 13.7 Å². The van der Waals surface area contributed by atoms with Gasteiger partial charge in [-0.3, -0.25) is 19.8 Å². The van der Waals surface area contributed by atoms with Gasteiger partial charge in [0.15, 0.2) is 0 Å². The number of hydrogen-bond acceptors (Lipinski definition) is 5. The molecule has 1 atom stereocenters. The third-order valence-electron chi connectivity index (χ3n) is 6.83. The van der Waals surface area contributed by atoms with Gasteiger partial charge >= 0.3 is 5.97 Å². The molecule has 0 fully saturated rings. The molecular weight excluding hydrogens is 480 g/mol. The largest absolute Gasteiger partial charge is 0.469 e. The van der Waals surface area contributed by atoms with Crippen molar-refractivity contribution < 1.29 is 19.1 Å². The van der Waals surface area contributed by atoms with E-state index in [-0.39, 0.29) is 24.1 Å². The molecule has 8 nitrogen and oxygen atoms in total. The van der Waals surface area contributed by atoms with Gasteiger partial charge in [-0.2, -0.15) is 0 Å². The van der Waals surface area contributed by atoms with Gasteiger partial charge in [0.2, 0.25) is 5.91 Å². The zero-order chi connectivity index (χ0) is 27.1. The number of fused-ring (bicyclic) bond motifs is 1. The molecule has 0 aliphatic carbocycles. The topological polar surface area (TPSA) is 126 Å². The maximum absolute atomic E-state index is 13.4. The Hall–Kier alpha value is -4.46. The molecule has 4 N–H and O–H groups in total. The maximum atomic E-state index is 13.4. The Morgan fingerprint density at radius 2 is 1.71 bits per heavy atom. The average molecular weight is 513 g/mol. The molecule has 8 heteroatoms. The maximum Gasteiger partial charge on any atom is 0.306 e. The molecule has 3 aromatic rings. The third kappa shape index (κ3) is 6.64. The van der Waals surface area contributed by atoms with Crippen LogP contribution < -0.4 is 11.1 Å². The van der Waals surface area contributed by atoms with Crippen molar-refractivity contribution in [2.45, 2.75) is 32.4 Å². The van der Waals surface area contributed by atoms with Crippen LogP contribution >= 0.6 is 0 Å². The van der Waals surface area contributed by atoms with Crippen LogP contribution in [0, 0.1) is 11.3 Å². The minimum atomic E-state index is -0.558. The van der Waals surface area contributed by atoms with Crippen molar-refractivity contribution in [3.05, 3.63) is 106 Å². The number of rotatable bonds is 9. The summed E-state index contributed by atoms with van der Waals surface area (Å²) in [7, 11) is 1.32. The Balaban J connectivity index is 1.50. The van der Waals surface area contributed by atoms with Crippen LogP contribution in [0.2, 0.25) is 0 Å². The van der Waals surface area contributed by atoms with Crippen molar-refractivity contribution >= 4 is 23.6 Å². The number of benzene rings is 3. The first-order valence-corrected chi connectivity index (χ1v) is 12.6. The summed E-state index contributed by atoms with van der Waals surface area (Å²) in [5.41, 5.74) is 10.5. The van der Waals surface area contributed by atoms with Crippen molar-refractivity contribution in [1.82, 2.24) is 10.2 Å². The van der Waals surface area contributed by atoms with E-state index in [2.05, 4.69) is 5.32 Å². The lowest BCUT2D eigenvalue weighted by molar-refractivity contribution is -0.146. The van der Waals surface area contributed by atoms with E-state index in [0.717, 1.165) is 22.3 Å².